The molecule has 2 aromatic heterocycles. The minimum atomic E-state index is 0.676. The van der Waals surface area contributed by atoms with E-state index in [2.05, 4.69) is 9.97 Å². The molecule has 4 nitrogen and oxygen atoms in total. The van der Waals surface area contributed by atoms with E-state index in [9.17, 15) is 0 Å². The Hall–Kier alpha value is -2.59. The van der Waals surface area contributed by atoms with E-state index in [0.29, 0.717) is 5.02 Å². The van der Waals surface area contributed by atoms with E-state index >= 15 is 0 Å². The van der Waals surface area contributed by atoms with Gasteiger partial charge in [-0.05, 0) is 30.3 Å². The Kier molecular flexibility index (Phi) is 2.98. The lowest BCUT2D eigenvalue weighted by Gasteiger charge is -2.09. The van der Waals surface area contributed by atoms with E-state index in [0.717, 1.165) is 33.4 Å². The fourth-order valence-electron chi connectivity index (χ4n) is 2.63. The standard InChI is InChI=1S/C17H12ClN3O/c1-22-11-6-7-14-12(8-11)17-15(9-19-14)20-10-21(17)16-5-3-2-4-13(16)18/h2-10H,1H3. The van der Waals surface area contributed by atoms with Crippen LogP contribution in [0.2, 0.25) is 5.02 Å². The molecule has 0 saturated carbocycles. The van der Waals surface area contributed by atoms with Crippen molar-refractivity contribution >= 4 is 33.5 Å². The number of ether oxygens (including phenoxy) is 1. The Morgan fingerprint density at radius 3 is 2.73 bits per heavy atom. The van der Waals surface area contributed by atoms with Gasteiger partial charge in [-0.2, -0.15) is 0 Å². The number of halogens is 1. The maximum atomic E-state index is 6.34. The van der Waals surface area contributed by atoms with E-state index in [1.54, 1.807) is 19.6 Å². The summed E-state index contributed by atoms with van der Waals surface area (Å²) in [4.78, 5) is 8.89. The lowest BCUT2D eigenvalue weighted by Crippen LogP contribution is -1.94. The molecule has 22 heavy (non-hydrogen) atoms. The van der Waals surface area contributed by atoms with E-state index in [-0.39, 0.29) is 0 Å². The largest absolute Gasteiger partial charge is 0.497 e. The van der Waals surface area contributed by atoms with Gasteiger partial charge in [0, 0.05) is 5.39 Å². The highest BCUT2D eigenvalue weighted by atomic mass is 35.5. The Bertz CT molecular complexity index is 994. The third kappa shape index (κ3) is 1.92. The van der Waals surface area contributed by atoms with Crippen molar-refractivity contribution in [3.8, 4) is 11.4 Å². The molecule has 0 saturated heterocycles. The maximum Gasteiger partial charge on any atom is 0.119 e. The van der Waals surface area contributed by atoms with Crippen molar-refractivity contribution in [2.45, 2.75) is 0 Å². The summed E-state index contributed by atoms with van der Waals surface area (Å²) in [5.74, 6) is 0.786. The third-order valence-corrected chi connectivity index (χ3v) is 4.01. The zero-order valence-electron chi connectivity index (χ0n) is 11.8. The van der Waals surface area contributed by atoms with Crippen molar-refractivity contribution in [3.63, 3.8) is 0 Å². The van der Waals surface area contributed by atoms with Crippen LogP contribution in [0.1, 0.15) is 0 Å². The van der Waals surface area contributed by atoms with Crippen molar-refractivity contribution in [3.05, 3.63) is 60.0 Å². The number of nitrogens with zero attached hydrogens (tertiary/aromatic N) is 3. The monoisotopic (exact) mass is 309 g/mol. The van der Waals surface area contributed by atoms with Gasteiger partial charge in [-0.3, -0.25) is 9.55 Å². The minimum absolute atomic E-state index is 0.676. The van der Waals surface area contributed by atoms with Gasteiger partial charge in [-0.15, -0.1) is 0 Å². The van der Waals surface area contributed by atoms with Crippen LogP contribution < -0.4 is 4.74 Å². The van der Waals surface area contributed by atoms with Crippen LogP contribution in [0, 0.1) is 0 Å². The Morgan fingerprint density at radius 1 is 1.05 bits per heavy atom. The number of aromatic nitrogens is 3. The second-order valence-corrected chi connectivity index (χ2v) is 5.35. The highest BCUT2D eigenvalue weighted by Gasteiger charge is 2.12. The molecule has 2 aromatic carbocycles. The molecule has 5 heteroatoms. The van der Waals surface area contributed by atoms with Gasteiger partial charge in [0.2, 0.25) is 0 Å². The van der Waals surface area contributed by atoms with Crippen molar-refractivity contribution < 1.29 is 4.74 Å². The summed E-state index contributed by atoms with van der Waals surface area (Å²) in [6, 6.07) is 13.5. The van der Waals surface area contributed by atoms with Gasteiger partial charge < -0.3 is 4.74 Å². The average molecular weight is 310 g/mol. The number of fused-ring (bicyclic) bond motifs is 3. The minimum Gasteiger partial charge on any atom is -0.497 e. The number of para-hydroxylation sites is 1. The van der Waals surface area contributed by atoms with Gasteiger partial charge >= 0.3 is 0 Å². The first-order chi connectivity index (χ1) is 10.8. The van der Waals surface area contributed by atoms with Crippen molar-refractivity contribution in [2.24, 2.45) is 0 Å². The van der Waals surface area contributed by atoms with Crippen LogP contribution in [0.3, 0.4) is 0 Å². The predicted molar refractivity (Wildman–Crippen MR) is 87.9 cm³/mol. The quantitative estimate of drug-likeness (QED) is 0.556. The summed E-state index contributed by atoms with van der Waals surface area (Å²) in [6.07, 6.45) is 3.55. The fraction of sp³-hybridized carbons (Fsp3) is 0.0588. The number of pyridine rings is 1. The number of methoxy groups -OCH3 is 1. The first-order valence-electron chi connectivity index (χ1n) is 6.82. The molecular formula is C17H12ClN3O. The molecule has 0 fully saturated rings. The first-order valence-corrected chi connectivity index (χ1v) is 7.20. The van der Waals surface area contributed by atoms with Crippen molar-refractivity contribution in [1.29, 1.82) is 0 Å². The van der Waals surface area contributed by atoms with E-state index in [4.69, 9.17) is 16.3 Å². The van der Waals surface area contributed by atoms with Crippen LogP contribution in [0.4, 0.5) is 0 Å². The third-order valence-electron chi connectivity index (χ3n) is 3.69. The first kappa shape index (κ1) is 13.1. The highest BCUT2D eigenvalue weighted by Crippen LogP contribution is 2.30. The molecule has 0 aliphatic carbocycles. The molecule has 4 rings (SSSR count). The van der Waals surface area contributed by atoms with Crippen LogP contribution in [0.15, 0.2) is 55.0 Å². The van der Waals surface area contributed by atoms with Crippen LogP contribution in [-0.4, -0.2) is 21.6 Å². The van der Waals surface area contributed by atoms with Gasteiger partial charge in [-0.25, -0.2) is 4.98 Å². The number of benzene rings is 2. The summed E-state index contributed by atoms with van der Waals surface area (Å²) in [7, 11) is 1.65. The SMILES string of the molecule is COc1ccc2ncc3ncn(-c4ccccc4Cl)c3c2c1. The van der Waals surface area contributed by atoms with Gasteiger partial charge in [0.05, 0.1) is 35.1 Å². The van der Waals surface area contributed by atoms with Crippen molar-refractivity contribution in [2.75, 3.05) is 7.11 Å². The average Bonchev–Trinajstić information content (AvgIpc) is 2.99. The van der Waals surface area contributed by atoms with Gasteiger partial charge in [0.1, 0.15) is 17.6 Å². The molecular weight excluding hydrogens is 298 g/mol. The van der Waals surface area contributed by atoms with E-state index in [1.807, 2.05) is 47.0 Å². The maximum absolute atomic E-state index is 6.34. The molecule has 0 unspecified atom stereocenters. The van der Waals surface area contributed by atoms with E-state index in [1.165, 1.54) is 0 Å². The van der Waals surface area contributed by atoms with Crippen LogP contribution in [0.25, 0.3) is 27.6 Å². The molecule has 0 radical (unpaired) electrons. The van der Waals surface area contributed by atoms with Crippen LogP contribution in [-0.2, 0) is 0 Å². The van der Waals surface area contributed by atoms with Crippen LogP contribution in [0.5, 0.6) is 5.75 Å². The van der Waals surface area contributed by atoms with Gasteiger partial charge in [0.15, 0.2) is 0 Å². The summed E-state index contributed by atoms with van der Waals surface area (Å²) < 4.78 is 7.32. The number of hydrogen-bond donors (Lipinski definition) is 0. The molecule has 4 aromatic rings. The second-order valence-electron chi connectivity index (χ2n) is 4.94. The molecule has 0 spiro atoms. The molecule has 108 valence electrons. The Balaban J connectivity index is 2.12. The number of imidazole rings is 1. The summed E-state index contributed by atoms with van der Waals surface area (Å²) in [5.41, 5.74) is 3.57. The zero-order valence-corrected chi connectivity index (χ0v) is 12.6. The molecule has 2 heterocycles. The van der Waals surface area contributed by atoms with Gasteiger partial charge in [0.25, 0.3) is 0 Å². The molecule has 0 bridgehead atoms. The highest BCUT2D eigenvalue weighted by molar-refractivity contribution is 6.32. The molecule has 0 aliphatic heterocycles. The van der Waals surface area contributed by atoms with E-state index < -0.39 is 0 Å². The summed E-state index contributed by atoms with van der Waals surface area (Å²) in [6.45, 7) is 0. The summed E-state index contributed by atoms with van der Waals surface area (Å²) in [5, 5.41) is 1.66. The lowest BCUT2D eigenvalue weighted by molar-refractivity contribution is 0.415. The molecule has 0 atom stereocenters. The Morgan fingerprint density at radius 2 is 1.91 bits per heavy atom. The Labute approximate surface area is 131 Å². The zero-order chi connectivity index (χ0) is 15.1. The van der Waals surface area contributed by atoms with Crippen molar-refractivity contribution in [1.82, 2.24) is 14.5 Å². The topological polar surface area (TPSA) is 39.9 Å². The number of rotatable bonds is 2. The second kappa shape index (κ2) is 5.00. The normalized spacial score (nSPS) is 11.2. The summed E-state index contributed by atoms with van der Waals surface area (Å²) >= 11 is 6.34. The van der Waals surface area contributed by atoms with Gasteiger partial charge in [-0.1, -0.05) is 23.7 Å². The molecule has 0 aliphatic rings. The molecule has 0 amide bonds. The fourth-order valence-corrected chi connectivity index (χ4v) is 2.86. The lowest BCUT2D eigenvalue weighted by atomic mass is 10.1. The van der Waals surface area contributed by atoms with Crippen LogP contribution >= 0.6 is 11.6 Å². The predicted octanol–water partition coefficient (Wildman–Crippen LogP) is 4.24. The molecule has 0 N–H and O–H groups in total. The smallest absolute Gasteiger partial charge is 0.119 e. The number of hydrogen-bond acceptors (Lipinski definition) is 3.